The summed E-state index contributed by atoms with van der Waals surface area (Å²) in [5.41, 5.74) is 0.626. The predicted octanol–water partition coefficient (Wildman–Crippen LogP) is 9.20. The van der Waals surface area contributed by atoms with Crippen molar-refractivity contribution in [2.24, 2.45) is 5.41 Å². The van der Waals surface area contributed by atoms with Crippen LogP contribution in [0.1, 0.15) is 86.8 Å². The highest BCUT2D eigenvalue weighted by molar-refractivity contribution is 6.31. The minimum Gasteiger partial charge on any atom is -0.458 e. The molecule has 248 valence electrons. The molecule has 0 radical (unpaired) electrons. The number of fused-ring (bicyclic) bond motifs is 3. The smallest absolute Gasteiger partial charge is 0.293 e. The van der Waals surface area contributed by atoms with Crippen molar-refractivity contribution in [2.75, 3.05) is 5.32 Å². The van der Waals surface area contributed by atoms with Gasteiger partial charge in [-0.2, -0.15) is 0 Å². The summed E-state index contributed by atoms with van der Waals surface area (Å²) in [6.07, 6.45) is 2.15. The molecule has 3 heterocycles. The Hall–Kier alpha value is -3.78. The Morgan fingerprint density at radius 3 is 2.21 bits per heavy atom. The second-order valence-corrected chi connectivity index (χ2v) is 15.0. The number of likely N-dealkylation sites (tertiary alicyclic amines) is 1. The van der Waals surface area contributed by atoms with Crippen LogP contribution in [0.15, 0.2) is 91.0 Å². The van der Waals surface area contributed by atoms with Crippen molar-refractivity contribution in [3.63, 3.8) is 0 Å². The minimum atomic E-state index is -1.29. The summed E-state index contributed by atoms with van der Waals surface area (Å²) >= 11 is 12.9. The van der Waals surface area contributed by atoms with Gasteiger partial charge in [0.1, 0.15) is 28.3 Å². The van der Waals surface area contributed by atoms with E-state index in [0.29, 0.717) is 36.3 Å². The number of hydrogen-bond donors (Lipinski definition) is 1. The van der Waals surface area contributed by atoms with Crippen LogP contribution in [0.25, 0.3) is 0 Å². The predicted molar refractivity (Wildman–Crippen MR) is 186 cm³/mol. The number of benzene rings is 3. The zero-order valence-corrected chi connectivity index (χ0v) is 28.6. The van der Waals surface area contributed by atoms with Crippen LogP contribution in [0.2, 0.25) is 10.2 Å². The lowest BCUT2D eigenvalue weighted by Gasteiger charge is -2.56. The minimum absolute atomic E-state index is 0.00829. The third kappa shape index (κ3) is 4.88. The lowest BCUT2D eigenvalue weighted by molar-refractivity contribution is -0.144. The van der Waals surface area contributed by atoms with Crippen molar-refractivity contribution in [1.29, 1.82) is 0 Å². The number of amides is 1. The van der Waals surface area contributed by atoms with Gasteiger partial charge in [0.15, 0.2) is 0 Å². The average molecular weight is 687 g/mol. The third-order valence-corrected chi connectivity index (χ3v) is 11.8. The van der Waals surface area contributed by atoms with E-state index in [4.69, 9.17) is 27.9 Å². The molecule has 1 saturated carbocycles. The number of hydrogen-bond acceptors (Lipinski definition) is 5. The summed E-state index contributed by atoms with van der Waals surface area (Å²) in [6, 6.07) is 27.2. The number of nitrogens with one attached hydrogen (secondary N) is 1. The maximum atomic E-state index is 16.5. The standard InChI is InChI=1S/C39H38Cl2FN3O3/c1-24-31(27-15-10-16-29(40)32(27)42)39(28-17-18-30(41)43-35(28)44-36(39)47)38(21-19-37(2,3)20-22-38)45(24)33(25-11-6-4-7-12-25)34(48-23-46)26-13-8-5-9-14-26/h4-18,23-24,31,33-34H,19-22H2,1-3H3,(H,43,44,47)/t24-,31+,33+,34-,39-/m0/s1. The summed E-state index contributed by atoms with van der Waals surface area (Å²) in [6.45, 7) is 7.07. The van der Waals surface area contributed by atoms with E-state index in [1.165, 1.54) is 6.07 Å². The molecule has 9 heteroatoms. The van der Waals surface area contributed by atoms with Crippen LogP contribution < -0.4 is 5.32 Å². The van der Waals surface area contributed by atoms with E-state index in [-0.39, 0.29) is 21.5 Å². The fourth-order valence-electron chi connectivity index (χ4n) is 9.29. The van der Waals surface area contributed by atoms with Crippen molar-refractivity contribution in [1.82, 2.24) is 9.88 Å². The molecule has 1 N–H and O–H groups in total. The average Bonchev–Trinajstić information content (AvgIpc) is 3.48. The molecule has 2 fully saturated rings. The Balaban J connectivity index is 1.59. The van der Waals surface area contributed by atoms with Crippen molar-refractivity contribution in [3.05, 3.63) is 129 Å². The van der Waals surface area contributed by atoms with Gasteiger partial charge < -0.3 is 10.1 Å². The quantitative estimate of drug-likeness (QED) is 0.155. The maximum Gasteiger partial charge on any atom is 0.293 e. The van der Waals surface area contributed by atoms with Gasteiger partial charge in [0.25, 0.3) is 6.47 Å². The van der Waals surface area contributed by atoms with Crippen molar-refractivity contribution in [3.8, 4) is 0 Å². The summed E-state index contributed by atoms with van der Waals surface area (Å²) in [7, 11) is 0. The zero-order valence-electron chi connectivity index (χ0n) is 27.1. The molecule has 6 nitrogen and oxygen atoms in total. The molecule has 0 unspecified atom stereocenters. The molecule has 1 saturated heterocycles. The molecule has 5 atom stereocenters. The Morgan fingerprint density at radius 2 is 1.56 bits per heavy atom. The number of rotatable bonds is 7. The van der Waals surface area contributed by atoms with Crippen LogP contribution in [-0.2, 0) is 19.7 Å². The molecule has 1 aliphatic carbocycles. The SMILES string of the molecule is C[C@H]1[C@H](c2cccc(Cl)c2F)[C@@]2(C(=O)Nc3nc(Cl)ccc32)C2(CCC(C)(C)CC2)N1[C@H](c1ccccc1)[C@@H](OC=O)c1ccccc1. The maximum absolute atomic E-state index is 16.5. The van der Waals surface area contributed by atoms with Gasteiger partial charge in [-0.3, -0.25) is 14.5 Å². The molecular formula is C39H38Cl2FN3O3. The molecular weight excluding hydrogens is 648 g/mol. The van der Waals surface area contributed by atoms with Gasteiger partial charge in [-0.15, -0.1) is 0 Å². The van der Waals surface area contributed by atoms with Gasteiger partial charge in [0.2, 0.25) is 5.91 Å². The molecule has 0 bridgehead atoms. The van der Waals surface area contributed by atoms with Gasteiger partial charge >= 0.3 is 0 Å². The second-order valence-electron chi connectivity index (χ2n) is 14.2. The van der Waals surface area contributed by atoms with E-state index in [1.807, 2.05) is 66.7 Å². The summed E-state index contributed by atoms with van der Waals surface area (Å²) < 4.78 is 22.6. The fourth-order valence-corrected chi connectivity index (χ4v) is 9.62. The molecule has 3 aliphatic rings. The lowest BCUT2D eigenvalue weighted by atomic mass is 9.53. The van der Waals surface area contributed by atoms with Gasteiger partial charge in [0.05, 0.1) is 11.1 Å². The summed E-state index contributed by atoms with van der Waals surface area (Å²) in [5.74, 6) is -1.10. The number of carbonyl (C=O) groups is 2. The van der Waals surface area contributed by atoms with Crippen molar-refractivity contribution >= 4 is 41.4 Å². The first-order valence-corrected chi connectivity index (χ1v) is 17.2. The van der Waals surface area contributed by atoms with Gasteiger partial charge in [-0.05, 0) is 66.8 Å². The van der Waals surface area contributed by atoms with Gasteiger partial charge in [-0.1, -0.05) is 116 Å². The highest BCUT2D eigenvalue weighted by Crippen LogP contribution is 2.69. The van der Waals surface area contributed by atoms with Crippen molar-refractivity contribution < 1.29 is 18.7 Å². The first-order valence-electron chi connectivity index (χ1n) is 16.5. The summed E-state index contributed by atoms with van der Waals surface area (Å²) in [5, 5.41) is 3.34. The first kappa shape index (κ1) is 32.8. The molecule has 1 amide bonds. The third-order valence-electron chi connectivity index (χ3n) is 11.3. The van der Waals surface area contributed by atoms with Crippen LogP contribution in [-0.4, -0.2) is 33.8 Å². The van der Waals surface area contributed by atoms with Crippen LogP contribution >= 0.6 is 23.2 Å². The van der Waals surface area contributed by atoms with E-state index in [2.05, 4.69) is 36.0 Å². The van der Waals surface area contributed by atoms with Gasteiger partial charge in [0, 0.05) is 23.1 Å². The normalized spacial score (nSPS) is 25.4. The molecule has 3 aromatic carbocycles. The highest BCUT2D eigenvalue weighted by atomic mass is 35.5. The largest absolute Gasteiger partial charge is 0.458 e. The Bertz CT molecular complexity index is 1850. The number of nitrogens with zero attached hydrogens (tertiary/aromatic N) is 2. The number of aromatic nitrogens is 1. The zero-order chi connectivity index (χ0) is 33.8. The summed E-state index contributed by atoms with van der Waals surface area (Å²) in [4.78, 5) is 34.5. The number of carbonyl (C=O) groups excluding carboxylic acids is 2. The Labute approximate surface area is 290 Å². The van der Waals surface area contributed by atoms with E-state index < -0.39 is 40.9 Å². The van der Waals surface area contributed by atoms with Crippen LogP contribution in [0.3, 0.4) is 0 Å². The Morgan fingerprint density at radius 1 is 0.917 bits per heavy atom. The second kappa shape index (κ2) is 12.3. The van der Waals surface area contributed by atoms with E-state index in [0.717, 1.165) is 24.0 Å². The molecule has 4 aromatic rings. The molecule has 1 aromatic heterocycles. The lowest BCUT2D eigenvalue weighted by Crippen LogP contribution is -2.63. The number of pyridine rings is 1. The van der Waals surface area contributed by atoms with Crippen LogP contribution in [0, 0.1) is 11.2 Å². The van der Waals surface area contributed by atoms with Crippen LogP contribution in [0.4, 0.5) is 10.2 Å². The van der Waals surface area contributed by atoms with E-state index in [9.17, 15) is 4.79 Å². The monoisotopic (exact) mass is 685 g/mol. The number of halogens is 3. The molecule has 48 heavy (non-hydrogen) atoms. The highest BCUT2D eigenvalue weighted by Gasteiger charge is 2.75. The fraction of sp³-hybridized carbons (Fsp3) is 0.359. The molecule has 2 aliphatic heterocycles. The Kier molecular flexibility index (Phi) is 8.38. The number of ether oxygens (including phenoxy) is 1. The van der Waals surface area contributed by atoms with E-state index in [1.54, 1.807) is 18.2 Å². The topological polar surface area (TPSA) is 71.5 Å². The molecule has 7 rings (SSSR count). The number of anilines is 1. The first-order chi connectivity index (χ1) is 23.1. The van der Waals surface area contributed by atoms with E-state index >= 15 is 9.18 Å². The van der Waals surface area contributed by atoms with Crippen LogP contribution in [0.5, 0.6) is 0 Å². The van der Waals surface area contributed by atoms with Crippen molar-refractivity contribution in [2.45, 2.75) is 81.5 Å². The van der Waals surface area contributed by atoms with Gasteiger partial charge in [-0.25, -0.2) is 9.37 Å². The molecule has 2 spiro atoms.